The van der Waals surface area contributed by atoms with Crippen molar-refractivity contribution < 1.29 is 9.84 Å². The van der Waals surface area contributed by atoms with Crippen LogP contribution in [-0.4, -0.2) is 21.3 Å². The monoisotopic (exact) mass is 413 g/mol. The molecule has 3 rings (SSSR count). The minimum absolute atomic E-state index is 0.216. The maximum atomic E-state index is 10.1. The van der Waals surface area contributed by atoms with Crippen molar-refractivity contribution in [2.24, 2.45) is 5.92 Å². The predicted molar refractivity (Wildman–Crippen MR) is 119 cm³/mol. The highest BCUT2D eigenvalue weighted by atomic mass is 35.5. The van der Waals surface area contributed by atoms with Crippen molar-refractivity contribution in [3.8, 4) is 22.8 Å². The molecule has 1 aromatic heterocycles. The van der Waals surface area contributed by atoms with Crippen LogP contribution < -0.4 is 10.1 Å². The molecule has 1 heterocycles. The number of rotatable bonds is 9. The number of anilines is 1. The molecule has 0 saturated heterocycles. The van der Waals surface area contributed by atoms with E-state index in [9.17, 15) is 5.11 Å². The van der Waals surface area contributed by atoms with Gasteiger partial charge in [-0.1, -0.05) is 31.9 Å². The number of nitrogens with zero attached hydrogens (tertiary/aromatic N) is 2. The number of aromatic hydroxyl groups is 1. The van der Waals surface area contributed by atoms with E-state index in [1.807, 2.05) is 25.3 Å². The van der Waals surface area contributed by atoms with Gasteiger partial charge in [-0.15, -0.1) is 0 Å². The maximum absolute atomic E-state index is 10.1. The van der Waals surface area contributed by atoms with E-state index < -0.39 is 0 Å². The molecule has 0 fully saturated rings. The van der Waals surface area contributed by atoms with Gasteiger partial charge < -0.3 is 19.7 Å². The number of hydrogen-bond donors (Lipinski definition) is 2. The molecule has 2 N–H and O–H groups in total. The number of benzene rings is 2. The molecule has 0 aliphatic carbocycles. The summed E-state index contributed by atoms with van der Waals surface area (Å²) >= 11 is 6.07. The topological polar surface area (TPSA) is 59.3 Å². The van der Waals surface area contributed by atoms with Crippen LogP contribution in [0.5, 0.6) is 11.5 Å². The lowest BCUT2D eigenvalue weighted by Crippen LogP contribution is -2.13. The molecule has 0 saturated carbocycles. The number of hydrogen-bond acceptors (Lipinski definition) is 4. The Kier molecular flexibility index (Phi) is 7.04. The first-order chi connectivity index (χ1) is 14.0. The van der Waals surface area contributed by atoms with Gasteiger partial charge in [-0.25, -0.2) is 4.98 Å². The third-order valence-corrected chi connectivity index (χ3v) is 5.22. The zero-order chi connectivity index (χ0) is 20.8. The van der Waals surface area contributed by atoms with Crippen molar-refractivity contribution >= 4 is 17.5 Å². The van der Waals surface area contributed by atoms with Crippen LogP contribution in [0.25, 0.3) is 11.3 Å². The van der Waals surface area contributed by atoms with Crippen molar-refractivity contribution in [2.45, 2.75) is 40.3 Å². The van der Waals surface area contributed by atoms with Crippen LogP contribution in [0.15, 0.2) is 48.7 Å². The summed E-state index contributed by atoms with van der Waals surface area (Å²) in [5.74, 6) is 2.35. The van der Waals surface area contributed by atoms with Crippen molar-refractivity contribution in [1.29, 1.82) is 0 Å². The molecule has 0 unspecified atom stereocenters. The van der Waals surface area contributed by atoms with Gasteiger partial charge in [-0.2, -0.15) is 0 Å². The second-order valence-electron chi connectivity index (χ2n) is 7.18. The minimum Gasteiger partial charge on any atom is -0.508 e. The Morgan fingerprint density at radius 1 is 1.17 bits per heavy atom. The smallest absolute Gasteiger partial charge is 0.203 e. The van der Waals surface area contributed by atoms with E-state index in [1.54, 1.807) is 18.2 Å². The lowest BCUT2D eigenvalue weighted by atomic mass is 10.1. The van der Waals surface area contributed by atoms with Crippen LogP contribution in [0.3, 0.4) is 0 Å². The van der Waals surface area contributed by atoms with Crippen LogP contribution in [0, 0.1) is 5.92 Å². The molecule has 0 aliphatic heterocycles. The average Bonchev–Trinajstić information content (AvgIpc) is 3.11. The number of aromatic nitrogens is 2. The Bertz CT molecular complexity index is 938. The summed E-state index contributed by atoms with van der Waals surface area (Å²) in [6.07, 6.45) is 2.97. The molecule has 0 radical (unpaired) electrons. The number of halogens is 1. The second kappa shape index (κ2) is 9.70. The fraction of sp³-hybridized carbons (Fsp3) is 0.348. The lowest BCUT2D eigenvalue weighted by Gasteiger charge is -2.17. The van der Waals surface area contributed by atoms with E-state index in [4.69, 9.17) is 16.3 Å². The largest absolute Gasteiger partial charge is 0.508 e. The first-order valence-electron chi connectivity index (χ1n) is 10.0. The average molecular weight is 414 g/mol. The van der Waals surface area contributed by atoms with Gasteiger partial charge in [0.15, 0.2) is 0 Å². The highest BCUT2D eigenvalue weighted by Gasteiger charge is 2.15. The Labute approximate surface area is 177 Å². The summed E-state index contributed by atoms with van der Waals surface area (Å²) in [5.41, 5.74) is 2.87. The molecule has 0 spiro atoms. The fourth-order valence-electron chi connectivity index (χ4n) is 3.13. The van der Waals surface area contributed by atoms with Crippen LogP contribution in [0.4, 0.5) is 5.95 Å². The molecule has 29 heavy (non-hydrogen) atoms. The Morgan fingerprint density at radius 2 is 1.93 bits per heavy atom. The molecule has 0 amide bonds. The van der Waals surface area contributed by atoms with E-state index in [-0.39, 0.29) is 5.75 Å². The fourth-order valence-corrected chi connectivity index (χ4v) is 3.33. The number of phenolic OH excluding ortho intramolecular Hbond substituents is 1. The first kappa shape index (κ1) is 21.1. The molecule has 5 nitrogen and oxygen atoms in total. The summed E-state index contributed by atoms with van der Waals surface area (Å²) in [6, 6.07) is 13.1. The van der Waals surface area contributed by atoms with Gasteiger partial charge in [0.2, 0.25) is 5.95 Å². The van der Waals surface area contributed by atoms with Gasteiger partial charge >= 0.3 is 0 Å². The van der Waals surface area contributed by atoms with Crippen molar-refractivity contribution in [3.05, 3.63) is 59.2 Å². The number of ether oxygens (including phenoxy) is 1. The van der Waals surface area contributed by atoms with Crippen LogP contribution in [-0.2, 0) is 13.1 Å². The van der Waals surface area contributed by atoms with Crippen LogP contribution in [0.2, 0.25) is 5.02 Å². The molecule has 3 aromatic rings. The molecule has 1 atom stereocenters. The van der Waals surface area contributed by atoms with E-state index in [0.29, 0.717) is 24.1 Å². The molecular formula is C23H28ClN3O2. The Hall–Kier alpha value is -2.66. The van der Waals surface area contributed by atoms with E-state index in [0.717, 1.165) is 41.5 Å². The first-order valence-corrected chi connectivity index (χ1v) is 10.4. The standard InChI is InChI=1S/C23H28ClN3O2/c1-4-16(3)15-27-21(17-6-9-20(10-7-17)29-5-2)14-26-23(27)25-13-18-12-19(24)8-11-22(18)28/h6-12,14,16,28H,4-5,13,15H2,1-3H3,(H,25,26)/t16-/m0/s1. The summed E-state index contributed by atoms with van der Waals surface area (Å²) in [4.78, 5) is 4.61. The SMILES string of the molecule is CCOc1ccc(-c2cnc(NCc3cc(Cl)ccc3O)n2C[C@@H](C)CC)cc1. The maximum Gasteiger partial charge on any atom is 0.203 e. The summed E-state index contributed by atoms with van der Waals surface area (Å²) in [6.45, 7) is 8.33. The predicted octanol–water partition coefficient (Wildman–Crippen LogP) is 5.97. The molecule has 0 aliphatic rings. The van der Waals surface area contributed by atoms with Crippen molar-refractivity contribution in [1.82, 2.24) is 9.55 Å². The van der Waals surface area contributed by atoms with E-state index in [1.165, 1.54) is 0 Å². The van der Waals surface area contributed by atoms with Gasteiger partial charge in [0.25, 0.3) is 0 Å². The number of imidazole rings is 1. The van der Waals surface area contributed by atoms with E-state index >= 15 is 0 Å². The van der Waals surface area contributed by atoms with Gasteiger partial charge in [0.1, 0.15) is 11.5 Å². The van der Waals surface area contributed by atoms with Gasteiger partial charge in [0.05, 0.1) is 18.5 Å². The molecule has 6 heteroatoms. The normalized spacial score (nSPS) is 12.0. The molecule has 0 bridgehead atoms. The second-order valence-corrected chi connectivity index (χ2v) is 7.61. The molecule has 154 valence electrons. The minimum atomic E-state index is 0.216. The van der Waals surface area contributed by atoms with Crippen LogP contribution in [0.1, 0.15) is 32.8 Å². The van der Waals surface area contributed by atoms with Crippen molar-refractivity contribution in [3.63, 3.8) is 0 Å². The molecule has 2 aromatic carbocycles. The highest BCUT2D eigenvalue weighted by Crippen LogP contribution is 2.28. The quantitative estimate of drug-likeness (QED) is 0.454. The Balaban J connectivity index is 1.87. The zero-order valence-electron chi connectivity index (χ0n) is 17.2. The molecular weight excluding hydrogens is 386 g/mol. The summed E-state index contributed by atoms with van der Waals surface area (Å²) in [7, 11) is 0. The van der Waals surface area contributed by atoms with E-state index in [2.05, 4.69) is 40.8 Å². The van der Waals surface area contributed by atoms with Gasteiger partial charge in [0, 0.05) is 29.2 Å². The zero-order valence-corrected chi connectivity index (χ0v) is 17.9. The van der Waals surface area contributed by atoms with Gasteiger partial charge in [-0.05, 0) is 55.3 Å². The summed E-state index contributed by atoms with van der Waals surface area (Å²) in [5, 5.41) is 14.0. The van der Waals surface area contributed by atoms with Crippen molar-refractivity contribution in [2.75, 3.05) is 11.9 Å². The number of nitrogens with one attached hydrogen (secondary N) is 1. The summed E-state index contributed by atoms with van der Waals surface area (Å²) < 4.78 is 7.75. The van der Waals surface area contributed by atoms with Gasteiger partial charge in [-0.3, -0.25) is 0 Å². The van der Waals surface area contributed by atoms with Crippen LogP contribution >= 0.6 is 11.6 Å². The highest BCUT2D eigenvalue weighted by molar-refractivity contribution is 6.30. The lowest BCUT2D eigenvalue weighted by molar-refractivity contribution is 0.340. The number of phenols is 1. The third-order valence-electron chi connectivity index (χ3n) is 4.99. The Morgan fingerprint density at radius 3 is 2.62 bits per heavy atom. The third kappa shape index (κ3) is 5.24.